The van der Waals surface area contributed by atoms with Gasteiger partial charge >= 0.3 is 0 Å². The third-order valence-electron chi connectivity index (χ3n) is 5.14. The average Bonchev–Trinajstić information content (AvgIpc) is 2.81. The molecule has 1 aliphatic rings. The summed E-state index contributed by atoms with van der Waals surface area (Å²) in [5, 5.41) is 3.45. The van der Waals surface area contributed by atoms with Crippen molar-refractivity contribution in [3.63, 3.8) is 0 Å². The van der Waals surface area contributed by atoms with Crippen LogP contribution in [-0.2, 0) is 22.6 Å². The van der Waals surface area contributed by atoms with E-state index in [1.54, 1.807) is 35.2 Å². The lowest BCUT2D eigenvalue weighted by Gasteiger charge is -2.30. The molecule has 1 heterocycles. The molecule has 0 atom stereocenters. The normalized spacial score (nSPS) is 12.7. The molecule has 0 aliphatic carbocycles. The molecule has 0 fully saturated rings. The molecule has 3 aromatic rings. The summed E-state index contributed by atoms with van der Waals surface area (Å²) in [6, 6.07) is 20.2. The number of amides is 2. The zero-order valence-corrected chi connectivity index (χ0v) is 18.4. The summed E-state index contributed by atoms with van der Waals surface area (Å²) < 4.78 is 11.1. The van der Waals surface area contributed by atoms with E-state index in [0.717, 1.165) is 12.0 Å². The number of halogens is 1. The summed E-state index contributed by atoms with van der Waals surface area (Å²) in [7, 11) is 0. The standard InChI is InChI=1S/C25H23ClN2O4/c1-2-17-5-10-21(11-6-17)31-15-24(29)27-20-9-12-23-22(13-20)28(25(30)16-32-23)14-18-3-7-19(26)8-4-18/h3-13H,2,14-16H2,1H3,(H,27,29). The number of benzene rings is 3. The predicted molar refractivity (Wildman–Crippen MR) is 125 cm³/mol. The van der Waals surface area contributed by atoms with Gasteiger partial charge in [-0.1, -0.05) is 42.8 Å². The van der Waals surface area contributed by atoms with Crippen molar-refractivity contribution in [3.05, 3.63) is 82.9 Å². The Labute approximate surface area is 191 Å². The SMILES string of the molecule is CCc1ccc(OCC(=O)Nc2ccc3c(c2)N(Cc2ccc(Cl)cc2)C(=O)CO3)cc1. The molecule has 0 saturated heterocycles. The van der Waals surface area contributed by atoms with E-state index in [9.17, 15) is 9.59 Å². The van der Waals surface area contributed by atoms with Crippen LogP contribution in [0.3, 0.4) is 0 Å². The smallest absolute Gasteiger partial charge is 0.265 e. The number of nitrogens with one attached hydrogen (secondary N) is 1. The number of carbonyl (C=O) groups is 2. The first-order valence-corrected chi connectivity index (χ1v) is 10.7. The number of rotatable bonds is 7. The Kier molecular flexibility index (Phi) is 6.61. The van der Waals surface area contributed by atoms with Crippen molar-refractivity contribution in [2.24, 2.45) is 0 Å². The minimum absolute atomic E-state index is 0.0308. The quantitative estimate of drug-likeness (QED) is 0.559. The van der Waals surface area contributed by atoms with Crippen molar-refractivity contribution >= 4 is 34.8 Å². The molecule has 0 bridgehead atoms. The van der Waals surface area contributed by atoms with Crippen LogP contribution >= 0.6 is 11.6 Å². The van der Waals surface area contributed by atoms with E-state index in [1.165, 1.54) is 5.56 Å². The zero-order chi connectivity index (χ0) is 22.5. The fraction of sp³-hybridized carbons (Fsp3) is 0.200. The predicted octanol–water partition coefficient (Wildman–Crippen LogP) is 4.85. The van der Waals surface area contributed by atoms with Crippen LogP contribution in [0, 0.1) is 0 Å². The summed E-state index contributed by atoms with van der Waals surface area (Å²) in [5.41, 5.74) is 3.30. The number of carbonyl (C=O) groups excluding carboxylic acids is 2. The van der Waals surface area contributed by atoms with Crippen LogP contribution < -0.4 is 19.7 Å². The van der Waals surface area contributed by atoms with Gasteiger partial charge in [0, 0.05) is 10.7 Å². The largest absolute Gasteiger partial charge is 0.484 e. The molecule has 1 aliphatic heterocycles. The summed E-state index contributed by atoms with van der Waals surface area (Å²) in [4.78, 5) is 26.6. The Morgan fingerprint density at radius 1 is 1.06 bits per heavy atom. The molecule has 2 amide bonds. The summed E-state index contributed by atoms with van der Waals surface area (Å²) in [6.45, 7) is 2.31. The van der Waals surface area contributed by atoms with Gasteiger partial charge in [-0.05, 0) is 60.0 Å². The topological polar surface area (TPSA) is 67.9 Å². The second-order valence-corrected chi connectivity index (χ2v) is 7.85. The van der Waals surface area contributed by atoms with Crippen LogP contribution in [0.1, 0.15) is 18.1 Å². The van der Waals surface area contributed by atoms with Crippen molar-refractivity contribution in [2.75, 3.05) is 23.4 Å². The van der Waals surface area contributed by atoms with Crippen molar-refractivity contribution in [1.29, 1.82) is 0 Å². The van der Waals surface area contributed by atoms with Crippen molar-refractivity contribution < 1.29 is 19.1 Å². The van der Waals surface area contributed by atoms with Crippen molar-refractivity contribution in [3.8, 4) is 11.5 Å². The van der Waals surface area contributed by atoms with Crippen molar-refractivity contribution in [1.82, 2.24) is 0 Å². The van der Waals surface area contributed by atoms with E-state index < -0.39 is 0 Å². The van der Waals surface area contributed by atoms with E-state index in [1.807, 2.05) is 36.4 Å². The van der Waals surface area contributed by atoms with Crippen LogP contribution in [0.25, 0.3) is 0 Å². The van der Waals surface area contributed by atoms with Crippen LogP contribution in [-0.4, -0.2) is 25.0 Å². The van der Waals surface area contributed by atoms with E-state index in [4.69, 9.17) is 21.1 Å². The first-order chi connectivity index (χ1) is 15.5. The maximum atomic E-state index is 12.5. The highest BCUT2D eigenvalue weighted by Crippen LogP contribution is 2.35. The Morgan fingerprint density at radius 3 is 2.50 bits per heavy atom. The zero-order valence-electron chi connectivity index (χ0n) is 17.6. The number of hydrogen-bond donors (Lipinski definition) is 1. The van der Waals surface area contributed by atoms with E-state index in [0.29, 0.717) is 34.4 Å². The molecule has 32 heavy (non-hydrogen) atoms. The molecule has 0 radical (unpaired) electrons. The number of hydrogen-bond acceptors (Lipinski definition) is 4. The number of nitrogens with zero attached hydrogens (tertiary/aromatic N) is 1. The van der Waals surface area contributed by atoms with E-state index in [-0.39, 0.29) is 25.0 Å². The van der Waals surface area contributed by atoms with Gasteiger partial charge in [0.2, 0.25) is 0 Å². The maximum Gasteiger partial charge on any atom is 0.265 e. The fourth-order valence-corrected chi connectivity index (χ4v) is 3.52. The highest BCUT2D eigenvalue weighted by Gasteiger charge is 2.26. The third-order valence-corrected chi connectivity index (χ3v) is 5.39. The van der Waals surface area contributed by atoms with Crippen LogP contribution in [0.5, 0.6) is 11.5 Å². The molecule has 0 aromatic heterocycles. The van der Waals surface area contributed by atoms with Gasteiger partial charge in [-0.3, -0.25) is 9.59 Å². The first kappa shape index (κ1) is 21.7. The molecule has 6 nitrogen and oxygen atoms in total. The van der Waals surface area contributed by atoms with Gasteiger partial charge in [0.25, 0.3) is 11.8 Å². The Morgan fingerprint density at radius 2 is 1.78 bits per heavy atom. The van der Waals surface area contributed by atoms with E-state index in [2.05, 4.69) is 12.2 Å². The summed E-state index contributed by atoms with van der Waals surface area (Å²) >= 11 is 5.96. The molecular weight excluding hydrogens is 428 g/mol. The molecule has 7 heteroatoms. The number of ether oxygens (including phenoxy) is 2. The summed E-state index contributed by atoms with van der Waals surface area (Å²) in [5.74, 6) is 0.770. The Hall–Kier alpha value is -3.51. The van der Waals surface area contributed by atoms with Gasteiger partial charge in [-0.25, -0.2) is 0 Å². The number of fused-ring (bicyclic) bond motifs is 1. The summed E-state index contributed by atoms with van der Waals surface area (Å²) in [6.07, 6.45) is 0.945. The van der Waals surface area contributed by atoms with Crippen LogP contribution in [0.4, 0.5) is 11.4 Å². The lowest BCUT2D eigenvalue weighted by molar-refractivity contribution is -0.121. The third kappa shape index (κ3) is 5.21. The minimum atomic E-state index is -0.295. The van der Waals surface area contributed by atoms with Crippen molar-refractivity contribution in [2.45, 2.75) is 19.9 Å². The second-order valence-electron chi connectivity index (χ2n) is 7.41. The maximum absolute atomic E-state index is 12.5. The van der Waals surface area contributed by atoms with Crippen LogP contribution in [0.2, 0.25) is 5.02 Å². The molecule has 0 spiro atoms. The van der Waals surface area contributed by atoms with Gasteiger partial charge in [0.1, 0.15) is 11.5 Å². The fourth-order valence-electron chi connectivity index (χ4n) is 3.39. The molecule has 164 valence electrons. The molecule has 3 aromatic carbocycles. The van der Waals surface area contributed by atoms with Crippen LogP contribution in [0.15, 0.2) is 66.7 Å². The lowest BCUT2D eigenvalue weighted by Crippen LogP contribution is -2.38. The lowest BCUT2D eigenvalue weighted by atomic mass is 10.1. The van der Waals surface area contributed by atoms with Gasteiger partial charge < -0.3 is 19.7 Å². The molecule has 0 unspecified atom stereocenters. The monoisotopic (exact) mass is 450 g/mol. The Bertz CT molecular complexity index is 1110. The molecule has 4 rings (SSSR count). The highest BCUT2D eigenvalue weighted by atomic mass is 35.5. The minimum Gasteiger partial charge on any atom is -0.484 e. The molecule has 0 saturated carbocycles. The van der Waals surface area contributed by atoms with E-state index >= 15 is 0 Å². The van der Waals surface area contributed by atoms with Gasteiger partial charge in [0.05, 0.1) is 12.2 Å². The van der Waals surface area contributed by atoms with Gasteiger partial charge in [-0.2, -0.15) is 0 Å². The number of aryl methyl sites for hydroxylation is 1. The Balaban J connectivity index is 1.44. The average molecular weight is 451 g/mol. The molecule has 1 N–H and O–H groups in total. The van der Waals surface area contributed by atoms with Gasteiger partial charge in [-0.15, -0.1) is 0 Å². The second kappa shape index (κ2) is 9.75. The molecular formula is C25H23ClN2O4. The van der Waals surface area contributed by atoms with Gasteiger partial charge in [0.15, 0.2) is 13.2 Å². The first-order valence-electron chi connectivity index (χ1n) is 10.3. The highest BCUT2D eigenvalue weighted by molar-refractivity contribution is 6.30. The number of anilines is 2.